The molecule has 0 radical (unpaired) electrons. The molecule has 1 aliphatic carbocycles. The number of hydrogen-bond acceptors (Lipinski definition) is 2. The van der Waals surface area contributed by atoms with Gasteiger partial charge in [-0.25, -0.2) is 0 Å². The lowest BCUT2D eigenvalue weighted by Gasteiger charge is -2.32. The van der Waals surface area contributed by atoms with Crippen molar-refractivity contribution in [1.82, 2.24) is 10.2 Å². The van der Waals surface area contributed by atoms with Crippen LogP contribution in [0.3, 0.4) is 0 Å². The lowest BCUT2D eigenvalue weighted by Crippen LogP contribution is -2.44. The van der Waals surface area contributed by atoms with Gasteiger partial charge in [0.05, 0.1) is 11.8 Å². The van der Waals surface area contributed by atoms with E-state index < -0.39 is 0 Å². The molecule has 2 aromatic carbocycles. The molecule has 28 heavy (non-hydrogen) atoms. The predicted octanol–water partition coefficient (Wildman–Crippen LogP) is 3.93. The van der Waals surface area contributed by atoms with Crippen molar-refractivity contribution in [3.63, 3.8) is 0 Å². The van der Waals surface area contributed by atoms with E-state index in [1.165, 1.54) is 0 Å². The molecule has 4 nitrogen and oxygen atoms in total. The van der Waals surface area contributed by atoms with Gasteiger partial charge in [0.1, 0.15) is 0 Å². The molecular formula is C24H28N2O2. The normalized spacial score (nSPS) is 18.5. The third-order valence-corrected chi connectivity index (χ3v) is 5.18. The van der Waals surface area contributed by atoms with Gasteiger partial charge in [0.2, 0.25) is 11.8 Å². The number of nitrogens with zero attached hydrogens (tertiary/aromatic N) is 1. The first-order chi connectivity index (χ1) is 13.7. The van der Waals surface area contributed by atoms with Gasteiger partial charge in [-0.2, -0.15) is 0 Å². The first-order valence-corrected chi connectivity index (χ1v) is 9.98. The molecule has 0 spiro atoms. The molecule has 146 valence electrons. The van der Waals surface area contributed by atoms with E-state index in [1.807, 2.05) is 84.6 Å². The number of carbonyl (C=O) groups is 2. The summed E-state index contributed by atoms with van der Waals surface area (Å²) in [6, 6.07) is 20.0. The van der Waals surface area contributed by atoms with Crippen molar-refractivity contribution < 1.29 is 9.59 Å². The lowest BCUT2D eigenvalue weighted by atomic mass is 9.81. The Hall–Kier alpha value is -2.88. The first-order valence-electron chi connectivity index (χ1n) is 9.98. The van der Waals surface area contributed by atoms with Crippen molar-refractivity contribution in [2.75, 3.05) is 6.54 Å². The summed E-state index contributed by atoms with van der Waals surface area (Å²) in [5.41, 5.74) is 2.18. The second kappa shape index (κ2) is 9.88. The highest BCUT2D eigenvalue weighted by molar-refractivity contribution is 5.88. The van der Waals surface area contributed by atoms with Crippen LogP contribution in [0.2, 0.25) is 0 Å². The van der Waals surface area contributed by atoms with Crippen LogP contribution in [0.25, 0.3) is 0 Å². The number of hydrogen-bond donors (Lipinski definition) is 1. The number of carbonyl (C=O) groups excluding carboxylic acids is 2. The van der Waals surface area contributed by atoms with Gasteiger partial charge in [0, 0.05) is 19.6 Å². The third-order valence-electron chi connectivity index (χ3n) is 5.18. The molecule has 4 heteroatoms. The molecule has 0 fully saturated rings. The van der Waals surface area contributed by atoms with Crippen LogP contribution in [0, 0.1) is 11.8 Å². The molecule has 1 aliphatic rings. The average Bonchev–Trinajstić information content (AvgIpc) is 2.74. The Kier molecular flexibility index (Phi) is 7.01. The number of benzene rings is 2. The number of nitrogens with one attached hydrogen (secondary N) is 1. The van der Waals surface area contributed by atoms with Gasteiger partial charge < -0.3 is 10.2 Å². The molecule has 2 atom stereocenters. The zero-order valence-corrected chi connectivity index (χ0v) is 16.4. The molecule has 0 bridgehead atoms. The topological polar surface area (TPSA) is 49.4 Å². The highest BCUT2D eigenvalue weighted by Gasteiger charge is 2.36. The van der Waals surface area contributed by atoms with Gasteiger partial charge in [-0.1, -0.05) is 72.8 Å². The van der Waals surface area contributed by atoms with Gasteiger partial charge in [-0.3, -0.25) is 9.59 Å². The Morgan fingerprint density at radius 3 is 1.86 bits per heavy atom. The maximum Gasteiger partial charge on any atom is 0.227 e. The minimum atomic E-state index is -0.316. The summed E-state index contributed by atoms with van der Waals surface area (Å²) in [7, 11) is 0. The maximum absolute atomic E-state index is 13.5. The van der Waals surface area contributed by atoms with Crippen LogP contribution in [-0.4, -0.2) is 23.3 Å². The Labute approximate surface area is 167 Å². The minimum Gasteiger partial charge on any atom is -0.356 e. The van der Waals surface area contributed by atoms with E-state index in [2.05, 4.69) is 5.32 Å². The van der Waals surface area contributed by atoms with Crippen LogP contribution < -0.4 is 5.32 Å². The predicted molar refractivity (Wildman–Crippen MR) is 111 cm³/mol. The van der Waals surface area contributed by atoms with E-state index in [4.69, 9.17) is 0 Å². The van der Waals surface area contributed by atoms with E-state index in [1.54, 1.807) is 0 Å². The molecule has 2 aromatic rings. The fourth-order valence-electron chi connectivity index (χ4n) is 3.74. The Morgan fingerprint density at radius 2 is 1.36 bits per heavy atom. The Bertz CT molecular complexity index is 760. The fourth-order valence-corrected chi connectivity index (χ4v) is 3.74. The standard InChI is InChI=1S/C24H28N2O2/c1-2-25-23(27)21-15-9-10-16-22(21)24(28)26(17-19-11-5-3-6-12-19)18-20-13-7-4-8-14-20/h3-14,21-22H,2,15-18H2,1H3,(H,25,27). The molecule has 2 unspecified atom stereocenters. The Morgan fingerprint density at radius 1 is 0.857 bits per heavy atom. The zero-order chi connectivity index (χ0) is 19.8. The molecule has 0 saturated carbocycles. The van der Waals surface area contributed by atoms with Gasteiger partial charge >= 0.3 is 0 Å². The molecule has 0 heterocycles. The molecular weight excluding hydrogens is 348 g/mol. The first kappa shape index (κ1) is 19.9. The second-order valence-corrected chi connectivity index (χ2v) is 7.22. The molecule has 0 aromatic heterocycles. The smallest absolute Gasteiger partial charge is 0.227 e. The van der Waals surface area contributed by atoms with Crippen LogP contribution in [0.4, 0.5) is 0 Å². The summed E-state index contributed by atoms with van der Waals surface area (Å²) in [5, 5.41) is 2.89. The molecule has 2 amide bonds. The number of rotatable bonds is 7. The third kappa shape index (κ3) is 5.10. The van der Waals surface area contributed by atoms with Crippen LogP contribution in [0.5, 0.6) is 0 Å². The molecule has 0 aliphatic heterocycles. The van der Waals surface area contributed by atoms with Crippen molar-refractivity contribution >= 4 is 11.8 Å². The van der Waals surface area contributed by atoms with E-state index in [-0.39, 0.29) is 23.7 Å². The highest BCUT2D eigenvalue weighted by atomic mass is 16.2. The fraction of sp³-hybridized carbons (Fsp3) is 0.333. The van der Waals surface area contributed by atoms with Crippen molar-refractivity contribution in [2.24, 2.45) is 11.8 Å². The molecule has 3 rings (SSSR count). The minimum absolute atomic E-state index is 0.0235. The Balaban J connectivity index is 1.83. The van der Waals surface area contributed by atoms with E-state index in [0.29, 0.717) is 32.5 Å². The lowest BCUT2D eigenvalue weighted by molar-refractivity contribution is -0.143. The van der Waals surface area contributed by atoms with E-state index in [0.717, 1.165) is 11.1 Å². The zero-order valence-electron chi connectivity index (χ0n) is 16.4. The van der Waals surface area contributed by atoms with Gasteiger partial charge in [0.15, 0.2) is 0 Å². The summed E-state index contributed by atoms with van der Waals surface area (Å²) in [6.45, 7) is 3.57. The SMILES string of the molecule is CCNC(=O)C1CC=CCC1C(=O)N(Cc1ccccc1)Cc1ccccc1. The second-order valence-electron chi connectivity index (χ2n) is 7.22. The van der Waals surface area contributed by atoms with Crippen molar-refractivity contribution in [2.45, 2.75) is 32.9 Å². The van der Waals surface area contributed by atoms with Gasteiger partial charge in [-0.15, -0.1) is 0 Å². The van der Waals surface area contributed by atoms with Crippen LogP contribution in [-0.2, 0) is 22.7 Å². The number of amides is 2. The van der Waals surface area contributed by atoms with Gasteiger partial charge in [-0.05, 0) is 30.9 Å². The van der Waals surface area contributed by atoms with Crippen LogP contribution in [0.1, 0.15) is 30.9 Å². The van der Waals surface area contributed by atoms with E-state index in [9.17, 15) is 9.59 Å². The summed E-state index contributed by atoms with van der Waals surface area (Å²) >= 11 is 0. The summed E-state index contributed by atoms with van der Waals surface area (Å²) < 4.78 is 0. The highest BCUT2D eigenvalue weighted by Crippen LogP contribution is 2.29. The number of allylic oxidation sites excluding steroid dienone is 2. The van der Waals surface area contributed by atoms with Crippen molar-refractivity contribution in [3.8, 4) is 0 Å². The molecule has 0 saturated heterocycles. The molecule has 1 N–H and O–H groups in total. The largest absolute Gasteiger partial charge is 0.356 e. The van der Waals surface area contributed by atoms with E-state index >= 15 is 0 Å². The quantitative estimate of drug-likeness (QED) is 0.744. The monoisotopic (exact) mass is 376 g/mol. The summed E-state index contributed by atoms with van der Waals surface area (Å²) in [6.07, 6.45) is 5.28. The van der Waals surface area contributed by atoms with Crippen LogP contribution in [0.15, 0.2) is 72.8 Å². The maximum atomic E-state index is 13.5. The average molecular weight is 377 g/mol. The van der Waals surface area contributed by atoms with Gasteiger partial charge in [0.25, 0.3) is 0 Å². The summed E-state index contributed by atoms with van der Waals surface area (Å²) in [4.78, 5) is 28.0. The van der Waals surface area contributed by atoms with Crippen molar-refractivity contribution in [3.05, 3.63) is 83.9 Å². The van der Waals surface area contributed by atoms with Crippen LogP contribution >= 0.6 is 0 Å². The van der Waals surface area contributed by atoms with Crippen molar-refractivity contribution in [1.29, 1.82) is 0 Å². The summed E-state index contributed by atoms with van der Waals surface area (Å²) in [5.74, 6) is -0.589.